The number of allylic oxidation sites excluding steroid dienone is 1. The highest BCUT2D eigenvalue weighted by Crippen LogP contribution is 2.44. The second-order valence-electron chi connectivity index (χ2n) is 9.24. The number of hydrogen-bond acceptors (Lipinski definition) is 8. The molecule has 0 radical (unpaired) electrons. The molecule has 2 N–H and O–H groups in total. The number of likely N-dealkylation sites (N-methyl/N-ethyl adjacent to an activating group) is 1. The lowest BCUT2D eigenvalue weighted by molar-refractivity contribution is -0.148. The van der Waals surface area contributed by atoms with Gasteiger partial charge in [0.05, 0.1) is 42.0 Å². The summed E-state index contributed by atoms with van der Waals surface area (Å²) in [5.74, 6) is -0.203. The fourth-order valence-electron chi connectivity index (χ4n) is 4.75. The lowest BCUT2D eigenvalue weighted by Crippen LogP contribution is -2.53. The molecule has 3 fully saturated rings. The second kappa shape index (κ2) is 8.16. The maximum Gasteiger partial charge on any atom is 0.308 e. The Balaban J connectivity index is 1.32. The van der Waals surface area contributed by atoms with Crippen molar-refractivity contribution in [2.75, 3.05) is 38.7 Å². The summed E-state index contributed by atoms with van der Waals surface area (Å²) in [6, 6.07) is 6.43. The van der Waals surface area contributed by atoms with Crippen LogP contribution >= 0.6 is 0 Å². The average Bonchev–Trinajstić information content (AvgIpc) is 3.56. The van der Waals surface area contributed by atoms with Crippen molar-refractivity contribution in [3.05, 3.63) is 36.3 Å². The Hall–Kier alpha value is -3.00. The van der Waals surface area contributed by atoms with E-state index in [1.165, 1.54) is 31.8 Å². The molecule has 0 atom stereocenters. The number of nitrogens with two attached hydrogens (primary N) is 1. The quantitative estimate of drug-likeness (QED) is 0.569. The van der Waals surface area contributed by atoms with Crippen LogP contribution in [0, 0.1) is 5.92 Å². The van der Waals surface area contributed by atoms with Crippen molar-refractivity contribution in [3.63, 3.8) is 0 Å². The Morgan fingerprint density at radius 3 is 2.81 bits per heavy atom. The number of rotatable bonds is 5. The zero-order chi connectivity index (χ0) is 22.3. The van der Waals surface area contributed by atoms with Gasteiger partial charge in [0, 0.05) is 48.8 Å². The number of anilines is 1. The molecule has 2 aromatic rings. The topological polar surface area (TPSA) is 96.9 Å². The molecule has 168 valence electrons. The largest absolute Gasteiger partial charge is 0.469 e. The molecular weight excluding hydrogens is 404 g/mol. The van der Waals surface area contributed by atoms with Crippen LogP contribution in [0.5, 0.6) is 0 Å². The lowest BCUT2D eigenvalue weighted by atomic mass is 9.81. The number of fused-ring (bicyclic) bond motifs is 1. The first-order chi connectivity index (χ1) is 15.5. The summed E-state index contributed by atoms with van der Waals surface area (Å²) < 4.78 is 4.79. The van der Waals surface area contributed by atoms with Gasteiger partial charge in [-0.3, -0.25) is 19.7 Å². The fourth-order valence-corrected chi connectivity index (χ4v) is 4.75. The first kappa shape index (κ1) is 20.9. The van der Waals surface area contributed by atoms with E-state index < -0.39 is 0 Å². The number of piperazine rings is 1. The molecule has 1 spiro atoms. The van der Waals surface area contributed by atoms with Crippen LogP contribution in [0.1, 0.15) is 31.4 Å². The number of hydrogen-bond donors (Lipinski definition) is 1. The van der Waals surface area contributed by atoms with Crippen LogP contribution in [0.2, 0.25) is 0 Å². The molecular formula is C24H30N6O2. The Kier molecular flexibility index (Phi) is 5.33. The predicted molar refractivity (Wildman–Crippen MR) is 126 cm³/mol. The summed E-state index contributed by atoms with van der Waals surface area (Å²) >= 11 is 0. The maximum atomic E-state index is 11.5. The maximum absolute atomic E-state index is 11.5. The van der Waals surface area contributed by atoms with Crippen molar-refractivity contribution < 1.29 is 9.53 Å². The van der Waals surface area contributed by atoms with Gasteiger partial charge >= 0.3 is 5.97 Å². The third-order valence-electron chi connectivity index (χ3n) is 7.27. The highest BCUT2D eigenvalue weighted by atomic mass is 16.5. The molecule has 5 rings (SSSR count). The zero-order valence-corrected chi connectivity index (χ0v) is 18.7. The van der Waals surface area contributed by atoms with Crippen LogP contribution in [0.25, 0.3) is 16.6 Å². The number of carbonyl (C=O) groups is 1. The van der Waals surface area contributed by atoms with Gasteiger partial charge in [-0.25, -0.2) is 4.98 Å². The molecule has 8 heteroatoms. The first-order valence-corrected chi connectivity index (χ1v) is 11.3. The molecule has 0 unspecified atom stereocenters. The summed E-state index contributed by atoms with van der Waals surface area (Å²) in [7, 11) is 3.66. The van der Waals surface area contributed by atoms with Crippen molar-refractivity contribution in [1.82, 2.24) is 14.9 Å². The number of aliphatic imine (C=N–C) groups is 1. The normalized spacial score (nSPS) is 25.3. The van der Waals surface area contributed by atoms with E-state index in [1.54, 1.807) is 12.4 Å². The Bertz CT molecular complexity index is 1090. The minimum Gasteiger partial charge on any atom is -0.469 e. The van der Waals surface area contributed by atoms with Gasteiger partial charge in [0.1, 0.15) is 0 Å². The van der Waals surface area contributed by atoms with Crippen molar-refractivity contribution in [3.8, 4) is 0 Å². The van der Waals surface area contributed by atoms with E-state index in [-0.39, 0.29) is 17.9 Å². The van der Waals surface area contributed by atoms with Gasteiger partial charge in [-0.05, 0) is 50.9 Å². The van der Waals surface area contributed by atoms with Crippen LogP contribution in [-0.4, -0.2) is 72.4 Å². The molecule has 2 saturated carbocycles. The van der Waals surface area contributed by atoms with E-state index in [9.17, 15) is 4.79 Å². The van der Waals surface area contributed by atoms with Gasteiger partial charge in [0.15, 0.2) is 0 Å². The van der Waals surface area contributed by atoms with Crippen LogP contribution in [0.4, 0.5) is 5.69 Å². The van der Waals surface area contributed by atoms with E-state index in [4.69, 9.17) is 15.5 Å². The minimum atomic E-state index is -0.157. The zero-order valence-electron chi connectivity index (χ0n) is 18.7. The lowest BCUT2D eigenvalue weighted by Gasteiger charge is -2.41. The highest BCUT2D eigenvalue weighted by Gasteiger charge is 2.49. The number of esters is 1. The van der Waals surface area contributed by atoms with Crippen molar-refractivity contribution in [2.45, 2.75) is 37.3 Å². The van der Waals surface area contributed by atoms with Gasteiger partial charge in [0.2, 0.25) is 0 Å². The Morgan fingerprint density at radius 1 is 1.28 bits per heavy atom. The van der Waals surface area contributed by atoms with E-state index in [1.807, 2.05) is 6.07 Å². The average molecular weight is 435 g/mol. The number of benzene rings is 1. The second-order valence-corrected chi connectivity index (χ2v) is 9.24. The number of ether oxygens (including phenoxy) is 1. The van der Waals surface area contributed by atoms with E-state index >= 15 is 0 Å². The molecule has 2 aliphatic carbocycles. The molecule has 32 heavy (non-hydrogen) atoms. The molecule has 8 nitrogen and oxygen atoms in total. The number of nitrogens with zero attached hydrogens (tertiary/aromatic N) is 5. The standard InChI is InChI=1S/C24H30N6O2/c1-29-7-8-30(15-24(29)5-6-24)19-3-4-20-21(11-19)28-22(14-27-20)17(12-25)13-26-18-9-16(10-18)23(31)32-2/h3-4,11-14,16,18H,5-10,15,25H2,1-2H3. The Labute approximate surface area is 188 Å². The fraction of sp³-hybridized carbons (Fsp3) is 0.500. The minimum absolute atomic E-state index is 0.0457. The third-order valence-corrected chi connectivity index (χ3v) is 7.27. The van der Waals surface area contributed by atoms with Gasteiger partial charge in [-0.2, -0.15) is 0 Å². The number of carbonyl (C=O) groups excluding carboxylic acids is 1. The summed E-state index contributed by atoms with van der Waals surface area (Å²) in [4.78, 5) is 30.5. The Morgan fingerprint density at radius 2 is 2.09 bits per heavy atom. The highest BCUT2D eigenvalue weighted by molar-refractivity contribution is 6.09. The number of methoxy groups -OCH3 is 1. The summed E-state index contributed by atoms with van der Waals surface area (Å²) in [5.41, 5.74) is 10.6. The monoisotopic (exact) mass is 434 g/mol. The predicted octanol–water partition coefficient (Wildman–Crippen LogP) is 2.24. The summed E-state index contributed by atoms with van der Waals surface area (Å²) in [6.45, 7) is 3.17. The molecule has 3 aliphatic rings. The van der Waals surface area contributed by atoms with Gasteiger partial charge in [-0.15, -0.1) is 0 Å². The molecule has 1 aliphatic heterocycles. The van der Waals surface area contributed by atoms with Gasteiger partial charge in [-0.1, -0.05) is 0 Å². The van der Waals surface area contributed by atoms with Crippen molar-refractivity contribution in [2.24, 2.45) is 16.6 Å². The number of aromatic nitrogens is 2. The molecule has 1 saturated heterocycles. The molecule has 1 aromatic heterocycles. The van der Waals surface area contributed by atoms with Crippen LogP contribution in [0.15, 0.2) is 35.6 Å². The molecule has 2 heterocycles. The summed E-state index contributed by atoms with van der Waals surface area (Å²) in [5, 5.41) is 0. The van der Waals surface area contributed by atoms with Crippen LogP contribution < -0.4 is 10.6 Å². The molecule has 1 aromatic carbocycles. The summed E-state index contributed by atoms with van der Waals surface area (Å²) in [6.07, 6.45) is 8.97. The van der Waals surface area contributed by atoms with E-state index in [2.05, 4.69) is 39.0 Å². The molecule has 0 amide bonds. The van der Waals surface area contributed by atoms with E-state index in [0.717, 1.165) is 36.2 Å². The van der Waals surface area contributed by atoms with Crippen molar-refractivity contribution >= 4 is 34.5 Å². The van der Waals surface area contributed by atoms with E-state index in [0.29, 0.717) is 24.1 Å². The van der Waals surface area contributed by atoms with Crippen molar-refractivity contribution in [1.29, 1.82) is 0 Å². The third kappa shape index (κ3) is 3.83. The van der Waals surface area contributed by atoms with Gasteiger partial charge in [0.25, 0.3) is 0 Å². The molecule has 0 bridgehead atoms. The van der Waals surface area contributed by atoms with Crippen LogP contribution in [0.3, 0.4) is 0 Å². The SMILES string of the molecule is COC(=O)C1CC(N=CC(=CN)c2cnc3ccc(N4CCN(C)C5(CC5)C4)cc3n2)C1. The smallest absolute Gasteiger partial charge is 0.308 e. The van der Waals surface area contributed by atoms with Gasteiger partial charge < -0.3 is 15.4 Å². The van der Waals surface area contributed by atoms with Crippen LogP contribution in [-0.2, 0) is 9.53 Å². The first-order valence-electron chi connectivity index (χ1n) is 11.3.